The number of likely N-dealkylation sites (N-methyl/N-ethyl adjacent to an activating group) is 1. The van der Waals surface area contributed by atoms with Crippen molar-refractivity contribution in [3.05, 3.63) is 75.1 Å². The van der Waals surface area contributed by atoms with E-state index in [1.54, 1.807) is 31.3 Å². The fourth-order valence-corrected chi connectivity index (χ4v) is 6.41. The van der Waals surface area contributed by atoms with Crippen LogP contribution < -0.4 is 14.8 Å². The number of nitrogens with one attached hydrogen (secondary N) is 1. The molecule has 1 saturated heterocycles. The number of aromatic nitrogens is 1. The zero-order valence-electron chi connectivity index (χ0n) is 20.9. The molecule has 8 nitrogen and oxygen atoms in total. The first kappa shape index (κ1) is 26.4. The van der Waals surface area contributed by atoms with Gasteiger partial charge in [-0.05, 0) is 29.3 Å². The molecule has 0 aliphatic carbocycles. The Labute approximate surface area is 234 Å². The normalized spacial score (nSPS) is 16.6. The molecule has 5 rings (SSSR count). The predicted octanol–water partition coefficient (Wildman–Crippen LogP) is 4.56. The number of fused-ring (bicyclic) bond motifs is 1. The number of carbonyl (C=O) groups excluding carboxylic acids is 2. The Morgan fingerprint density at radius 3 is 2.76 bits per heavy atom. The van der Waals surface area contributed by atoms with E-state index in [-0.39, 0.29) is 18.4 Å². The largest absolute Gasteiger partial charge is 0.493 e. The van der Waals surface area contributed by atoms with Gasteiger partial charge in [0.15, 0.2) is 23.2 Å². The van der Waals surface area contributed by atoms with Crippen molar-refractivity contribution in [3.8, 4) is 11.5 Å². The van der Waals surface area contributed by atoms with Gasteiger partial charge >= 0.3 is 0 Å². The number of hydrogen-bond donors (Lipinski definition) is 1. The van der Waals surface area contributed by atoms with Crippen LogP contribution in [0, 0.1) is 0 Å². The number of anilines is 1. The van der Waals surface area contributed by atoms with Gasteiger partial charge in [0.1, 0.15) is 4.32 Å². The van der Waals surface area contributed by atoms with Crippen molar-refractivity contribution in [3.63, 3.8) is 0 Å². The molecule has 1 fully saturated rings. The summed E-state index contributed by atoms with van der Waals surface area (Å²) in [7, 11) is 3.18. The summed E-state index contributed by atoms with van der Waals surface area (Å²) in [4.78, 5) is 35.1. The minimum absolute atomic E-state index is 0.135. The van der Waals surface area contributed by atoms with Crippen LogP contribution in [0.5, 0.6) is 11.5 Å². The molecule has 2 amide bonds. The van der Waals surface area contributed by atoms with Crippen LogP contribution >= 0.6 is 35.3 Å². The number of benzene rings is 2. The van der Waals surface area contributed by atoms with Crippen LogP contribution in [0.1, 0.15) is 21.7 Å². The van der Waals surface area contributed by atoms with Crippen molar-refractivity contribution < 1.29 is 19.1 Å². The zero-order valence-corrected chi connectivity index (χ0v) is 23.4. The van der Waals surface area contributed by atoms with Gasteiger partial charge in [-0.1, -0.05) is 60.4 Å². The number of thiocarbonyl (C=S) groups is 1. The van der Waals surface area contributed by atoms with Gasteiger partial charge < -0.3 is 9.47 Å². The van der Waals surface area contributed by atoms with Gasteiger partial charge in [-0.3, -0.25) is 24.7 Å². The molecule has 3 aromatic rings. The molecule has 2 aliphatic heterocycles. The van der Waals surface area contributed by atoms with Crippen LogP contribution in [-0.4, -0.2) is 58.2 Å². The second-order valence-corrected chi connectivity index (χ2v) is 11.6. The van der Waals surface area contributed by atoms with Crippen LogP contribution in [0.4, 0.5) is 5.13 Å². The maximum absolute atomic E-state index is 12.6. The van der Waals surface area contributed by atoms with Crippen molar-refractivity contribution in [2.24, 2.45) is 0 Å². The van der Waals surface area contributed by atoms with Gasteiger partial charge in [-0.25, -0.2) is 4.98 Å². The lowest BCUT2D eigenvalue weighted by molar-refractivity contribution is -0.121. The Balaban J connectivity index is 1.17. The maximum atomic E-state index is 12.6. The number of methoxy groups -OCH3 is 1. The standard InChI is InChI=1S/C27H26N4O4S3/c1-30-25(33)22(38-27(30)36)13-18-8-9-20(21(12-18)34-2)35-16-24(32)29-26-28-19-10-11-31(15-23(19)37-26)14-17-6-4-3-5-7-17/h3-9,12-13H,10-11,14-16H2,1-2H3,(H,28,29,32)/b22-13-. The van der Waals surface area contributed by atoms with E-state index in [0.29, 0.717) is 25.9 Å². The Hall–Kier alpha value is -3.25. The van der Waals surface area contributed by atoms with E-state index in [4.69, 9.17) is 21.7 Å². The smallest absolute Gasteiger partial charge is 0.265 e. The van der Waals surface area contributed by atoms with E-state index < -0.39 is 0 Å². The summed E-state index contributed by atoms with van der Waals surface area (Å²) < 4.78 is 11.7. The molecule has 2 aliphatic rings. The number of nitrogens with zero attached hydrogens (tertiary/aromatic N) is 3. The van der Waals surface area contributed by atoms with Gasteiger partial charge in [0.2, 0.25) is 0 Å². The summed E-state index contributed by atoms with van der Waals surface area (Å²) >= 11 is 7.95. The first-order valence-electron chi connectivity index (χ1n) is 12.0. The molecule has 0 spiro atoms. The van der Waals surface area contributed by atoms with Gasteiger partial charge in [0.25, 0.3) is 11.8 Å². The second kappa shape index (κ2) is 11.6. The quantitative estimate of drug-likeness (QED) is 0.314. The summed E-state index contributed by atoms with van der Waals surface area (Å²) in [5, 5.41) is 3.45. The maximum Gasteiger partial charge on any atom is 0.265 e. The molecule has 38 heavy (non-hydrogen) atoms. The van der Waals surface area contributed by atoms with Gasteiger partial charge in [-0.2, -0.15) is 0 Å². The SMILES string of the molecule is COc1cc(/C=C2\SC(=S)N(C)C2=O)ccc1OCC(=O)Nc1nc2c(s1)CN(Cc1ccccc1)CC2. The predicted molar refractivity (Wildman–Crippen MR) is 154 cm³/mol. The lowest BCUT2D eigenvalue weighted by atomic mass is 10.1. The fourth-order valence-electron chi connectivity index (χ4n) is 4.17. The number of rotatable bonds is 8. The van der Waals surface area contributed by atoms with Crippen molar-refractivity contribution in [2.75, 3.05) is 32.6 Å². The number of ether oxygens (including phenoxy) is 2. The van der Waals surface area contributed by atoms with Crippen molar-refractivity contribution in [1.29, 1.82) is 0 Å². The van der Waals surface area contributed by atoms with Crippen LogP contribution in [0.15, 0.2) is 53.4 Å². The molecule has 1 N–H and O–H groups in total. The van der Waals surface area contributed by atoms with Crippen LogP contribution in [0.25, 0.3) is 6.08 Å². The van der Waals surface area contributed by atoms with Gasteiger partial charge in [0, 0.05) is 38.0 Å². The molecule has 0 saturated carbocycles. The van der Waals surface area contributed by atoms with E-state index in [2.05, 4.69) is 39.5 Å². The fraction of sp³-hybridized carbons (Fsp3) is 0.259. The lowest BCUT2D eigenvalue weighted by Crippen LogP contribution is -2.29. The Kier molecular flexibility index (Phi) is 8.08. The molecule has 3 heterocycles. The lowest BCUT2D eigenvalue weighted by Gasteiger charge is -2.25. The first-order valence-corrected chi connectivity index (χ1v) is 14.0. The highest BCUT2D eigenvalue weighted by atomic mass is 32.2. The average Bonchev–Trinajstić information content (AvgIpc) is 3.42. The average molecular weight is 567 g/mol. The van der Waals surface area contributed by atoms with Crippen LogP contribution in [0.2, 0.25) is 0 Å². The second-order valence-electron chi connectivity index (χ2n) is 8.82. The van der Waals surface area contributed by atoms with Crippen LogP contribution in [0.3, 0.4) is 0 Å². The summed E-state index contributed by atoms with van der Waals surface area (Å²) in [5.74, 6) is 0.457. The highest BCUT2D eigenvalue weighted by Gasteiger charge is 2.28. The van der Waals surface area contributed by atoms with Crippen LogP contribution in [-0.2, 0) is 29.1 Å². The first-order chi connectivity index (χ1) is 18.4. The third-order valence-electron chi connectivity index (χ3n) is 6.14. The Morgan fingerprint density at radius 1 is 1.21 bits per heavy atom. The minimum Gasteiger partial charge on any atom is -0.493 e. The number of carbonyl (C=O) groups is 2. The molecular formula is C27H26N4O4S3. The molecular weight excluding hydrogens is 541 g/mol. The zero-order chi connectivity index (χ0) is 26.6. The highest BCUT2D eigenvalue weighted by Crippen LogP contribution is 2.34. The van der Waals surface area contributed by atoms with Crippen molar-refractivity contribution in [1.82, 2.24) is 14.8 Å². The molecule has 0 atom stereocenters. The van der Waals surface area contributed by atoms with E-state index >= 15 is 0 Å². The summed E-state index contributed by atoms with van der Waals surface area (Å²) in [5.41, 5.74) is 3.10. The number of thioether (sulfide) groups is 1. The molecule has 2 aromatic carbocycles. The molecule has 0 unspecified atom stereocenters. The highest BCUT2D eigenvalue weighted by molar-refractivity contribution is 8.26. The third kappa shape index (κ3) is 6.07. The minimum atomic E-state index is -0.296. The van der Waals surface area contributed by atoms with Gasteiger partial charge in [-0.15, -0.1) is 11.3 Å². The Morgan fingerprint density at radius 2 is 2.03 bits per heavy atom. The van der Waals surface area contributed by atoms with Gasteiger partial charge in [0.05, 0.1) is 17.7 Å². The van der Waals surface area contributed by atoms with E-state index in [0.717, 1.165) is 37.3 Å². The summed E-state index contributed by atoms with van der Waals surface area (Å²) in [6, 6.07) is 15.7. The monoisotopic (exact) mass is 566 g/mol. The van der Waals surface area contributed by atoms with E-state index in [1.807, 2.05) is 6.07 Å². The Bertz CT molecular complexity index is 1410. The van der Waals surface area contributed by atoms with Crippen molar-refractivity contribution >= 4 is 62.7 Å². The number of thiazole rings is 1. The number of amides is 2. The topological polar surface area (TPSA) is 84.0 Å². The molecule has 0 radical (unpaired) electrons. The summed E-state index contributed by atoms with van der Waals surface area (Å²) in [6.45, 7) is 2.46. The van der Waals surface area contributed by atoms with E-state index in [1.165, 1.54) is 45.5 Å². The number of hydrogen-bond acceptors (Lipinski definition) is 9. The molecule has 11 heteroatoms. The van der Waals surface area contributed by atoms with Crippen molar-refractivity contribution in [2.45, 2.75) is 19.5 Å². The summed E-state index contributed by atoms with van der Waals surface area (Å²) in [6.07, 6.45) is 2.62. The third-order valence-corrected chi connectivity index (χ3v) is 8.62. The van der Waals surface area contributed by atoms with E-state index in [9.17, 15) is 9.59 Å². The molecule has 1 aromatic heterocycles. The molecule has 196 valence electrons. The molecule has 0 bridgehead atoms.